The molecule has 0 heterocycles. The molecule has 1 rings (SSSR count). The molecule has 3 N–H and O–H groups in total. The average molecular weight is 277 g/mol. The van der Waals surface area contributed by atoms with Crippen LogP contribution in [-0.4, -0.2) is 38.7 Å². The maximum absolute atomic E-state index is 13.3. The van der Waals surface area contributed by atoms with Gasteiger partial charge in [-0.15, -0.1) is 0 Å². The summed E-state index contributed by atoms with van der Waals surface area (Å²) in [5.74, 6) is -1.42. The number of hydrogen-bond acceptors (Lipinski definition) is 4. The molecular formula is C12H18F3N3O. The largest absolute Gasteiger partial charge is 0.432 e. The first-order valence-electron chi connectivity index (χ1n) is 5.82. The molecule has 0 aliphatic heterocycles. The highest BCUT2D eigenvalue weighted by atomic mass is 19.3. The molecule has 0 fully saturated rings. The lowest BCUT2D eigenvalue weighted by molar-refractivity contribution is -0.0521. The third-order valence-corrected chi connectivity index (χ3v) is 2.42. The van der Waals surface area contributed by atoms with Crippen molar-refractivity contribution in [3.63, 3.8) is 0 Å². The zero-order valence-electron chi connectivity index (χ0n) is 10.9. The third-order valence-electron chi connectivity index (χ3n) is 2.42. The molecule has 0 aromatic heterocycles. The van der Waals surface area contributed by atoms with Crippen molar-refractivity contribution < 1.29 is 17.9 Å². The fourth-order valence-electron chi connectivity index (χ4n) is 1.53. The Morgan fingerprint density at radius 3 is 2.63 bits per heavy atom. The molecule has 0 unspecified atom stereocenters. The minimum Gasteiger partial charge on any atom is -0.432 e. The number of ether oxygens (including phenoxy) is 1. The number of anilines is 2. The third kappa shape index (κ3) is 5.25. The van der Waals surface area contributed by atoms with Gasteiger partial charge in [0.15, 0.2) is 11.6 Å². The van der Waals surface area contributed by atoms with Gasteiger partial charge in [-0.1, -0.05) is 0 Å². The van der Waals surface area contributed by atoms with Crippen LogP contribution in [0.5, 0.6) is 5.75 Å². The second-order valence-electron chi connectivity index (χ2n) is 4.33. The first-order valence-corrected chi connectivity index (χ1v) is 5.82. The summed E-state index contributed by atoms with van der Waals surface area (Å²) in [6.07, 6.45) is 0.842. The molecule has 0 saturated heterocycles. The summed E-state index contributed by atoms with van der Waals surface area (Å²) in [5.41, 5.74) is 6.15. The number of nitrogens with one attached hydrogen (secondary N) is 1. The van der Waals surface area contributed by atoms with Crippen LogP contribution in [0.1, 0.15) is 6.42 Å². The summed E-state index contributed by atoms with van der Waals surface area (Å²) in [6, 6.07) is 2.11. The number of hydrogen-bond donors (Lipinski definition) is 2. The Labute approximate surface area is 110 Å². The Balaban J connectivity index is 2.66. The Morgan fingerprint density at radius 2 is 2.05 bits per heavy atom. The van der Waals surface area contributed by atoms with E-state index in [4.69, 9.17) is 5.73 Å². The van der Waals surface area contributed by atoms with Crippen LogP contribution in [0.25, 0.3) is 0 Å². The van der Waals surface area contributed by atoms with E-state index in [0.29, 0.717) is 12.2 Å². The lowest BCUT2D eigenvalue weighted by Gasteiger charge is -2.14. The van der Waals surface area contributed by atoms with Gasteiger partial charge in [0, 0.05) is 18.7 Å². The van der Waals surface area contributed by atoms with Gasteiger partial charge < -0.3 is 20.7 Å². The molecule has 0 radical (unpaired) electrons. The van der Waals surface area contributed by atoms with Gasteiger partial charge in [0.05, 0.1) is 11.4 Å². The van der Waals surface area contributed by atoms with Gasteiger partial charge in [-0.2, -0.15) is 8.78 Å². The van der Waals surface area contributed by atoms with Crippen LogP contribution in [0, 0.1) is 5.82 Å². The van der Waals surface area contributed by atoms with Gasteiger partial charge in [-0.3, -0.25) is 0 Å². The predicted molar refractivity (Wildman–Crippen MR) is 69.1 cm³/mol. The fourth-order valence-corrected chi connectivity index (χ4v) is 1.53. The van der Waals surface area contributed by atoms with Gasteiger partial charge >= 0.3 is 6.61 Å². The summed E-state index contributed by atoms with van der Waals surface area (Å²) >= 11 is 0. The van der Waals surface area contributed by atoms with Gasteiger partial charge in [0.1, 0.15) is 0 Å². The number of nitrogen functional groups attached to an aromatic ring is 1. The van der Waals surface area contributed by atoms with Crippen molar-refractivity contribution >= 4 is 11.4 Å². The number of halogens is 3. The summed E-state index contributed by atoms with van der Waals surface area (Å²) in [6.45, 7) is -1.60. The van der Waals surface area contributed by atoms with Crippen molar-refractivity contribution in [1.82, 2.24) is 4.90 Å². The lowest BCUT2D eigenvalue weighted by Crippen LogP contribution is -2.16. The molecule has 0 spiro atoms. The van der Waals surface area contributed by atoms with E-state index >= 15 is 0 Å². The summed E-state index contributed by atoms with van der Waals surface area (Å²) < 4.78 is 41.5. The first kappa shape index (κ1) is 15.4. The fraction of sp³-hybridized carbons (Fsp3) is 0.500. The molecule has 4 nitrogen and oxygen atoms in total. The van der Waals surface area contributed by atoms with E-state index in [1.54, 1.807) is 0 Å². The molecule has 0 aliphatic rings. The highest BCUT2D eigenvalue weighted by molar-refractivity contribution is 5.68. The molecule has 0 saturated carbocycles. The van der Waals surface area contributed by atoms with Crippen LogP contribution < -0.4 is 15.8 Å². The average Bonchev–Trinajstić information content (AvgIpc) is 2.29. The second kappa shape index (κ2) is 7.08. The van der Waals surface area contributed by atoms with E-state index in [1.807, 2.05) is 19.0 Å². The quantitative estimate of drug-likeness (QED) is 0.593. The zero-order chi connectivity index (χ0) is 14.4. The highest BCUT2D eigenvalue weighted by Crippen LogP contribution is 2.29. The molecule has 1 aromatic rings. The van der Waals surface area contributed by atoms with Crippen molar-refractivity contribution in [1.29, 1.82) is 0 Å². The molecule has 0 bridgehead atoms. The molecule has 108 valence electrons. The van der Waals surface area contributed by atoms with E-state index in [2.05, 4.69) is 10.1 Å². The summed E-state index contributed by atoms with van der Waals surface area (Å²) in [5, 5.41) is 2.97. The second-order valence-corrected chi connectivity index (χ2v) is 4.33. The van der Waals surface area contributed by atoms with E-state index < -0.39 is 18.2 Å². The van der Waals surface area contributed by atoms with Crippen LogP contribution in [-0.2, 0) is 0 Å². The van der Waals surface area contributed by atoms with Gasteiger partial charge in [-0.25, -0.2) is 4.39 Å². The Hall–Kier alpha value is -1.63. The number of rotatable bonds is 7. The van der Waals surface area contributed by atoms with Crippen molar-refractivity contribution in [2.24, 2.45) is 0 Å². The van der Waals surface area contributed by atoms with Crippen LogP contribution in [0.3, 0.4) is 0 Å². The summed E-state index contributed by atoms with van der Waals surface area (Å²) in [4.78, 5) is 2.01. The number of nitrogens with two attached hydrogens (primary N) is 1. The van der Waals surface area contributed by atoms with Crippen molar-refractivity contribution in [3.8, 4) is 5.75 Å². The molecular weight excluding hydrogens is 259 g/mol. The summed E-state index contributed by atoms with van der Waals surface area (Å²) in [7, 11) is 3.89. The van der Waals surface area contributed by atoms with Crippen LogP contribution in [0.4, 0.5) is 24.5 Å². The lowest BCUT2D eigenvalue weighted by atomic mass is 10.2. The maximum Gasteiger partial charge on any atom is 0.387 e. The topological polar surface area (TPSA) is 50.5 Å². The number of alkyl halides is 2. The highest BCUT2D eigenvalue weighted by Gasteiger charge is 2.13. The molecule has 19 heavy (non-hydrogen) atoms. The smallest absolute Gasteiger partial charge is 0.387 e. The van der Waals surface area contributed by atoms with Crippen molar-refractivity contribution in [2.75, 3.05) is 38.2 Å². The number of benzene rings is 1. The van der Waals surface area contributed by atoms with Crippen molar-refractivity contribution in [2.45, 2.75) is 13.0 Å². The molecule has 0 atom stereocenters. The number of nitrogens with zero attached hydrogens (tertiary/aromatic N) is 1. The standard InChI is InChI=1S/C12H18F3N3O/c1-18(2)5-3-4-17-10-7-11(19-12(14)15)8(13)6-9(10)16/h6-7,12,17H,3-5,16H2,1-2H3. The van der Waals surface area contributed by atoms with Gasteiger partial charge in [-0.05, 0) is 27.1 Å². The SMILES string of the molecule is CN(C)CCCNc1cc(OC(F)F)c(F)cc1N. The van der Waals surface area contributed by atoms with Crippen LogP contribution >= 0.6 is 0 Å². The van der Waals surface area contributed by atoms with E-state index in [9.17, 15) is 13.2 Å². The zero-order valence-corrected chi connectivity index (χ0v) is 10.9. The Morgan fingerprint density at radius 1 is 1.37 bits per heavy atom. The molecule has 0 aliphatic carbocycles. The van der Waals surface area contributed by atoms with E-state index in [0.717, 1.165) is 25.1 Å². The molecule has 1 aromatic carbocycles. The Kier molecular flexibility index (Phi) is 5.75. The first-order chi connectivity index (χ1) is 8.90. The molecule has 0 amide bonds. The monoisotopic (exact) mass is 277 g/mol. The Bertz CT molecular complexity index is 413. The molecule has 7 heteroatoms. The van der Waals surface area contributed by atoms with E-state index in [-0.39, 0.29) is 5.69 Å². The van der Waals surface area contributed by atoms with E-state index in [1.165, 1.54) is 0 Å². The maximum atomic E-state index is 13.3. The van der Waals surface area contributed by atoms with Gasteiger partial charge in [0.25, 0.3) is 0 Å². The minimum absolute atomic E-state index is 0.156. The normalized spacial score (nSPS) is 11.1. The predicted octanol–water partition coefficient (Wildman–Crippen LogP) is 2.37. The van der Waals surface area contributed by atoms with Crippen LogP contribution in [0.15, 0.2) is 12.1 Å². The van der Waals surface area contributed by atoms with Crippen LogP contribution in [0.2, 0.25) is 0 Å². The van der Waals surface area contributed by atoms with Gasteiger partial charge in [0.2, 0.25) is 0 Å². The van der Waals surface area contributed by atoms with Crippen molar-refractivity contribution in [3.05, 3.63) is 17.9 Å². The minimum atomic E-state index is -3.07.